The van der Waals surface area contributed by atoms with Crippen LogP contribution in [0.25, 0.3) is 0 Å². The van der Waals surface area contributed by atoms with Crippen molar-refractivity contribution in [3.8, 4) is 6.07 Å². The van der Waals surface area contributed by atoms with Gasteiger partial charge in [-0.1, -0.05) is 18.9 Å². The Hall–Kier alpha value is -0.810. The van der Waals surface area contributed by atoms with Gasteiger partial charge in [0.15, 0.2) is 0 Å². The van der Waals surface area contributed by atoms with E-state index in [4.69, 9.17) is 5.26 Å². The second kappa shape index (κ2) is 3.73. The fourth-order valence-electron chi connectivity index (χ4n) is 1.89. The number of aliphatic hydroxyl groups excluding tert-OH is 1. The first-order valence-electron chi connectivity index (χ1n) is 4.45. The molecule has 1 aliphatic rings. The first kappa shape index (κ1) is 9.28. The number of hydrogen-bond acceptors (Lipinski definition) is 2. The zero-order valence-corrected chi connectivity index (χ0v) is 7.29. The summed E-state index contributed by atoms with van der Waals surface area (Å²) in [5.41, 5.74) is -0.528. The largest absolute Gasteiger partial charge is 0.391 e. The van der Waals surface area contributed by atoms with Gasteiger partial charge in [-0.15, -0.1) is 6.58 Å². The normalized spacial score (nSPS) is 35.5. The fourth-order valence-corrected chi connectivity index (χ4v) is 1.89. The summed E-state index contributed by atoms with van der Waals surface area (Å²) in [6.45, 7) is 3.62. The Kier molecular flexibility index (Phi) is 2.88. The maximum absolute atomic E-state index is 9.68. The minimum absolute atomic E-state index is 0.450. The van der Waals surface area contributed by atoms with E-state index in [1.54, 1.807) is 6.08 Å². The highest BCUT2D eigenvalue weighted by molar-refractivity contribution is 5.08. The third-order valence-corrected chi connectivity index (χ3v) is 2.72. The lowest BCUT2D eigenvalue weighted by atomic mass is 9.71. The van der Waals surface area contributed by atoms with E-state index >= 15 is 0 Å². The van der Waals surface area contributed by atoms with Crippen molar-refractivity contribution >= 4 is 0 Å². The third kappa shape index (κ3) is 1.51. The fraction of sp³-hybridized carbons (Fsp3) is 0.700. The predicted molar refractivity (Wildman–Crippen MR) is 47.3 cm³/mol. The molecular formula is C10H15NO. The standard InChI is InChI=1S/C10H15NO/c1-2-6-10(8-11)7-4-3-5-9(10)12/h2,9,12H,1,3-7H2/t9-,10+/m0/s1. The van der Waals surface area contributed by atoms with E-state index in [1.807, 2.05) is 0 Å². The van der Waals surface area contributed by atoms with Gasteiger partial charge in [0.05, 0.1) is 17.6 Å². The summed E-state index contributed by atoms with van der Waals surface area (Å²) < 4.78 is 0. The van der Waals surface area contributed by atoms with Gasteiger partial charge in [-0.05, 0) is 19.3 Å². The van der Waals surface area contributed by atoms with Crippen LogP contribution in [0, 0.1) is 16.7 Å². The Morgan fingerprint density at radius 1 is 1.67 bits per heavy atom. The first-order chi connectivity index (χ1) is 5.75. The molecule has 2 nitrogen and oxygen atoms in total. The lowest BCUT2D eigenvalue weighted by molar-refractivity contribution is 0.0278. The van der Waals surface area contributed by atoms with Crippen LogP contribution in [0.4, 0.5) is 0 Å². The van der Waals surface area contributed by atoms with Gasteiger partial charge in [0.25, 0.3) is 0 Å². The van der Waals surface area contributed by atoms with Crippen LogP contribution in [-0.4, -0.2) is 11.2 Å². The quantitative estimate of drug-likeness (QED) is 0.636. The summed E-state index contributed by atoms with van der Waals surface area (Å²) in [5.74, 6) is 0. The Balaban J connectivity index is 2.74. The number of nitrogens with zero attached hydrogens (tertiary/aromatic N) is 1. The molecule has 66 valence electrons. The van der Waals surface area contributed by atoms with E-state index in [-0.39, 0.29) is 0 Å². The third-order valence-electron chi connectivity index (χ3n) is 2.72. The van der Waals surface area contributed by atoms with Crippen molar-refractivity contribution in [1.82, 2.24) is 0 Å². The van der Waals surface area contributed by atoms with Crippen molar-refractivity contribution in [2.75, 3.05) is 0 Å². The summed E-state index contributed by atoms with van der Waals surface area (Å²) in [6.07, 6.45) is 5.58. The van der Waals surface area contributed by atoms with E-state index in [1.165, 1.54) is 0 Å². The molecule has 2 atom stereocenters. The Morgan fingerprint density at radius 2 is 2.42 bits per heavy atom. The topological polar surface area (TPSA) is 44.0 Å². The van der Waals surface area contributed by atoms with Crippen LogP contribution in [0.1, 0.15) is 32.1 Å². The molecule has 0 aromatic carbocycles. The Bertz CT molecular complexity index is 206. The van der Waals surface area contributed by atoms with Gasteiger partial charge < -0.3 is 5.11 Å². The van der Waals surface area contributed by atoms with Crippen LogP contribution in [0.3, 0.4) is 0 Å². The van der Waals surface area contributed by atoms with Crippen molar-refractivity contribution in [2.24, 2.45) is 5.41 Å². The summed E-state index contributed by atoms with van der Waals surface area (Å²) in [7, 11) is 0. The van der Waals surface area contributed by atoms with Crippen molar-refractivity contribution in [3.63, 3.8) is 0 Å². The molecule has 12 heavy (non-hydrogen) atoms. The molecule has 0 spiro atoms. The molecule has 0 radical (unpaired) electrons. The van der Waals surface area contributed by atoms with Crippen LogP contribution >= 0.6 is 0 Å². The van der Waals surface area contributed by atoms with Crippen LogP contribution in [0.5, 0.6) is 0 Å². The maximum Gasteiger partial charge on any atom is 0.0866 e. The molecule has 0 aliphatic heterocycles. The molecule has 1 N–H and O–H groups in total. The van der Waals surface area contributed by atoms with E-state index in [2.05, 4.69) is 12.6 Å². The molecule has 1 fully saturated rings. The molecule has 0 aromatic heterocycles. The van der Waals surface area contributed by atoms with Gasteiger partial charge in [-0.2, -0.15) is 5.26 Å². The molecular weight excluding hydrogens is 150 g/mol. The minimum Gasteiger partial charge on any atom is -0.391 e. The van der Waals surface area contributed by atoms with Crippen LogP contribution in [-0.2, 0) is 0 Å². The molecule has 1 rings (SSSR count). The zero-order valence-electron chi connectivity index (χ0n) is 7.29. The summed E-state index contributed by atoms with van der Waals surface area (Å²) in [6, 6.07) is 2.25. The molecule has 0 unspecified atom stereocenters. The van der Waals surface area contributed by atoms with E-state index in [0.717, 1.165) is 25.7 Å². The molecule has 1 saturated carbocycles. The number of hydrogen-bond donors (Lipinski definition) is 1. The Labute approximate surface area is 73.5 Å². The second-order valence-electron chi connectivity index (χ2n) is 3.52. The van der Waals surface area contributed by atoms with Gasteiger partial charge in [0.2, 0.25) is 0 Å². The van der Waals surface area contributed by atoms with Crippen LogP contribution < -0.4 is 0 Å². The first-order valence-corrected chi connectivity index (χ1v) is 4.45. The van der Waals surface area contributed by atoms with Gasteiger partial charge >= 0.3 is 0 Å². The van der Waals surface area contributed by atoms with Gasteiger partial charge in [-0.3, -0.25) is 0 Å². The molecule has 0 heterocycles. The minimum atomic E-state index is -0.528. The number of rotatable bonds is 2. The zero-order chi connectivity index (χ0) is 9.03. The van der Waals surface area contributed by atoms with Crippen molar-refractivity contribution in [3.05, 3.63) is 12.7 Å². The van der Waals surface area contributed by atoms with Crippen LogP contribution in [0.15, 0.2) is 12.7 Å². The molecule has 0 saturated heterocycles. The van der Waals surface area contributed by atoms with E-state index < -0.39 is 11.5 Å². The lowest BCUT2D eigenvalue weighted by Gasteiger charge is -2.34. The summed E-state index contributed by atoms with van der Waals surface area (Å²) in [4.78, 5) is 0. The Morgan fingerprint density at radius 3 is 2.92 bits per heavy atom. The molecule has 0 bridgehead atoms. The summed E-state index contributed by atoms with van der Waals surface area (Å²) in [5, 5.41) is 18.7. The van der Waals surface area contributed by atoms with Crippen LogP contribution in [0.2, 0.25) is 0 Å². The van der Waals surface area contributed by atoms with E-state index in [9.17, 15) is 5.11 Å². The molecule has 0 aromatic rings. The maximum atomic E-state index is 9.68. The second-order valence-corrected chi connectivity index (χ2v) is 3.52. The summed E-state index contributed by atoms with van der Waals surface area (Å²) >= 11 is 0. The van der Waals surface area contributed by atoms with Gasteiger partial charge in [0, 0.05) is 0 Å². The van der Waals surface area contributed by atoms with Crippen molar-refractivity contribution in [1.29, 1.82) is 5.26 Å². The van der Waals surface area contributed by atoms with E-state index in [0.29, 0.717) is 6.42 Å². The molecule has 1 aliphatic carbocycles. The highest BCUT2D eigenvalue weighted by atomic mass is 16.3. The average Bonchev–Trinajstić information content (AvgIpc) is 2.10. The molecule has 0 amide bonds. The highest BCUT2D eigenvalue weighted by Gasteiger charge is 2.38. The van der Waals surface area contributed by atoms with Crippen molar-refractivity contribution < 1.29 is 5.11 Å². The number of aliphatic hydroxyl groups is 1. The highest BCUT2D eigenvalue weighted by Crippen LogP contribution is 2.38. The average molecular weight is 165 g/mol. The molecule has 2 heteroatoms. The number of allylic oxidation sites excluding steroid dienone is 1. The lowest BCUT2D eigenvalue weighted by Crippen LogP contribution is -2.36. The predicted octanol–water partition coefficient (Wildman–Crippen LogP) is 2.01. The van der Waals surface area contributed by atoms with Gasteiger partial charge in [-0.25, -0.2) is 0 Å². The van der Waals surface area contributed by atoms with Crippen molar-refractivity contribution in [2.45, 2.75) is 38.2 Å². The smallest absolute Gasteiger partial charge is 0.0866 e. The monoisotopic (exact) mass is 165 g/mol. The SMILES string of the molecule is C=CC[C@]1(C#N)CCCC[C@@H]1O. The number of nitriles is 1. The van der Waals surface area contributed by atoms with Gasteiger partial charge in [0.1, 0.15) is 0 Å².